The van der Waals surface area contributed by atoms with Crippen LogP contribution >= 0.6 is 0 Å². The number of anilines is 6. The van der Waals surface area contributed by atoms with Crippen LogP contribution in [0.15, 0.2) is 212 Å². The van der Waals surface area contributed by atoms with Gasteiger partial charge >= 0.3 is 0 Å². The lowest BCUT2D eigenvalue weighted by atomic mass is 9.33. The van der Waals surface area contributed by atoms with Crippen molar-refractivity contribution in [2.24, 2.45) is 0 Å². The molecule has 2 heterocycles. The van der Waals surface area contributed by atoms with Gasteiger partial charge in [0.25, 0.3) is 6.71 Å². The topological polar surface area (TPSA) is 6.48 Å². The normalized spacial score (nSPS) is 14.2. The zero-order valence-corrected chi connectivity index (χ0v) is 31.7. The number of nitrogens with zero attached hydrogens (tertiary/aromatic N) is 2. The van der Waals surface area contributed by atoms with Gasteiger partial charge in [-0.05, 0) is 121 Å². The van der Waals surface area contributed by atoms with Crippen molar-refractivity contribution < 1.29 is 0 Å². The van der Waals surface area contributed by atoms with Crippen LogP contribution in [0.1, 0.15) is 22.3 Å². The molecular weight excluding hydrogens is 699 g/mol. The monoisotopic (exact) mass is 734 g/mol. The molecule has 0 radical (unpaired) electrons. The summed E-state index contributed by atoms with van der Waals surface area (Å²) in [7, 11) is 0. The van der Waals surface area contributed by atoms with Crippen LogP contribution in [0.2, 0.25) is 0 Å². The standard InChI is InChI=1S/C55H35BN2/c1-3-17-36(18-4-1)37-33-52-54-53(34-37)58(51-30-16-14-28-49(51)56(54)48-27-13-15-29-50(48)57(52)38-19-5-2-6-20-38)39-31-32-47-43(35-39)42-23-9-12-26-46(42)55(47)44-24-10-7-21-40(44)41-22-8-11-25-45(41)55/h1-35H. The van der Waals surface area contributed by atoms with Gasteiger partial charge in [-0.3, -0.25) is 0 Å². The SMILES string of the molecule is c1ccc(-c2cc3c4c(c2)N(c2ccc5c(c2)-c2ccccc2C52c5ccccc5-c5ccccc52)c2ccccc2B4c2ccccc2N3c2ccccc2)cc1. The van der Waals surface area contributed by atoms with E-state index in [0.717, 1.165) is 11.4 Å². The van der Waals surface area contributed by atoms with Crippen LogP contribution in [0.3, 0.4) is 0 Å². The van der Waals surface area contributed by atoms with Crippen molar-refractivity contribution in [1.29, 1.82) is 0 Å². The Bertz CT molecular complexity index is 3110. The largest absolute Gasteiger partial charge is 0.311 e. The summed E-state index contributed by atoms with van der Waals surface area (Å²) in [5, 5.41) is 0. The Morgan fingerprint density at radius 1 is 0.310 bits per heavy atom. The van der Waals surface area contributed by atoms with Gasteiger partial charge in [-0.1, -0.05) is 164 Å². The maximum atomic E-state index is 2.55. The van der Waals surface area contributed by atoms with Crippen molar-refractivity contribution in [3.05, 3.63) is 235 Å². The molecule has 268 valence electrons. The van der Waals surface area contributed by atoms with Gasteiger partial charge in [-0.25, -0.2) is 0 Å². The van der Waals surface area contributed by atoms with E-state index in [1.54, 1.807) is 0 Å². The summed E-state index contributed by atoms with van der Waals surface area (Å²) in [5.74, 6) is 0. The fraction of sp³-hybridized carbons (Fsp3) is 0.0182. The van der Waals surface area contributed by atoms with E-state index in [-0.39, 0.29) is 12.1 Å². The second kappa shape index (κ2) is 11.8. The quantitative estimate of drug-likeness (QED) is 0.167. The number of hydrogen-bond donors (Lipinski definition) is 0. The predicted octanol–water partition coefficient (Wildman–Crippen LogP) is 11.8. The number of benzene rings is 9. The fourth-order valence-electron chi connectivity index (χ4n) is 11.1. The first-order valence-corrected chi connectivity index (χ1v) is 20.3. The van der Waals surface area contributed by atoms with Gasteiger partial charge in [0.15, 0.2) is 0 Å². The first-order valence-electron chi connectivity index (χ1n) is 20.3. The highest BCUT2D eigenvalue weighted by Gasteiger charge is 2.52. The number of fused-ring (bicyclic) bond motifs is 14. The van der Waals surface area contributed by atoms with Gasteiger partial charge in [-0.2, -0.15) is 0 Å². The Hall–Kier alpha value is -7.36. The van der Waals surface area contributed by atoms with E-state index in [0.29, 0.717) is 0 Å². The molecule has 2 aliphatic heterocycles. The first-order chi connectivity index (χ1) is 28.8. The lowest BCUT2D eigenvalue weighted by Crippen LogP contribution is -2.61. The maximum absolute atomic E-state index is 2.55. The molecule has 0 bridgehead atoms. The lowest BCUT2D eigenvalue weighted by molar-refractivity contribution is 0.794. The molecule has 9 aromatic rings. The molecule has 0 unspecified atom stereocenters. The van der Waals surface area contributed by atoms with E-state index in [1.807, 2.05) is 0 Å². The molecule has 1 spiro atoms. The van der Waals surface area contributed by atoms with Crippen molar-refractivity contribution in [3.8, 4) is 33.4 Å². The average molecular weight is 735 g/mol. The van der Waals surface area contributed by atoms with E-state index in [1.165, 1.54) is 94.8 Å². The summed E-state index contributed by atoms with van der Waals surface area (Å²) in [6.45, 7) is 0.0725. The van der Waals surface area contributed by atoms with E-state index in [9.17, 15) is 0 Å². The second-order valence-corrected chi connectivity index (χ2v) is 16.0. The molecule has 58 heavy (non-hydrogen) atoms. The van der Waals surface area contributed by atoms with E-state index < -0.39 is 0 Å². The van der Waals surface area contributed by atoms with Gasteiger partial charge in [-0.15, -0.1) is 0 Å². The Morgan fingerprint density at radius 3 is 1.34 bits per heavy atom. The molecule has 4 aliphatic rings. The smallest absolute Gasteiger partial charge is 0.252 e. The van der Waals surface area contributed by atoms with Crippen LogP contribution in [-0.2, 0) is 5.41 Å². The minimum atomic E-state index is -0.380. The van der Waals surface area contributed by atoms with E-state index in [4.69, 9.17) is 0 Å². The molecule has 2 nitrogen and oxygen atoms in total. The Balaban J connectivity index is 1.10. The van der Waals surface area contributed by atoms with Crippen molar-refractivity contribution in [2.75, 3.05) is 9.80 Å². The van der Waals surface area contributed by atoms with Crippen molar-refractivity contribution in [3.63, 3.8) is 0 Å². The van der Waals surface area contributed by atoms with E-state index >= 15 is 0 Å². The second-order valence-electron chi connectivity index (χ2n) is 16.0. The molecule has 0 saturated heterocycles. The molecule has 3 heteroatoms. The Morgan fingerprint density at radius 2 is 0.759 bits per heavy atom. The zero-order valence-electron chi connectivity index (χ0n) is 31.7. The van der Waals surface area contributed by atoms with Gasteiger partial charge < -0.3 is 9.80 Å². The number of hydrogen-bond acceptors (Lipinski definition) is 2. The van der Waals surface area contributed by atoms with Crippen LogP contribution in [0.5, 0.6) is 0 Å². The lowest BCUT2D eigenvalue weighted by Gasteiger charge is -2.44. The van der Waals surface area contributed by atoms with Crippen molar-refractivity contribution in [1.82, 2.24) is 0 Å². The molecule has 0 fully saturated rings. The minimum absolute atomic E-state index is 0.0725. The summed E-state index contributed by atoms with van der Waals surface area (Å²) < 4.78 is 0. The fourth-order valence-corrected chi connectivity index (χ4v) is 11.1. The van der Waals surface area contributed by atoms with Gasteiger partial charge in [0.2, 0.25) is 0 Å². The highest BCUT2D eigenvalue weighted by Crippen LogP contribution is 2.63. The van der Waals surface area contributed by atoms with Gasteiger partial charge in [0.05, 0.1) is 5.41 Å². The van der Waals surface area contributed by atoms with E-state index in [2.05, 4.69) is 222 Å². The average Bonchev–Trinajstić information content (AvgIpc) is 3.76. The molecule has 2 aliphatic carbocycles. The third-order valence-corrected chi connectivity index (χ3v) is 13.2. The summed E-state index contributed by atoms with van der Waals surface area (Å²) in [6.07, 6.45) is 0. The summed E-state index contributed by atoms with van der Waals surface area (Å²) in [6, 6.07) is 79.3. The first kappa shape index (κ1) is 31.8. The summed E-state index contributed by atoms with van der Waals surface area (Å²) in [4.78, 5) is 5.04. The Labute approximate surface area is 339 Å². The molecule has 0 aromatic heterocycles. The summed E-state index contributed by atoms with van der Waals surface area (Å²) in [5.41, 5.74) is 23.9. The molecule has 0 atom stereocenters. The number of para-hydroxylation sites is 3. The molecule has 9 aromatic carbocycles. The molecule has 0 amide bonds. The van der Waals surface area contributed by atoms with Crippen LogP contribution in [0.4, 0.5) is 34.1 Å². The maximum Gasteiger partial charge on any atom is 0.252 e. The van der Waals surface area contributed by atoms with Gasteiger partial charge in [0, 0.05) is 34.1 Å². The molecular formula is C55H35BN2. The van der Waals surface area contributed by atoms with Crippen LogP contribution < -0.4 is 26.2 Å². The highest BCUT2D eigenvalue weighted by atomic mass is 15.2. The number of rotatable bonds is 3. The third kappa shape index (κ3) is 4.07. The zero-order chi connectivity index (χ0) is 38.0. The third-order valence-electron chi connectivity index (χ3n) is 13.2. The van der Waals surface area contributed by atoms with Crippen molar-refractivity contribution in [2.45, 2.75) is 5.41 Å². The van der Waals surface area contributed by atoms with Gasteiger partial charge in [0.1, 0.15) is 0 Å². The molecule has 0 saturated carbocycles. The highest BCUT2D eigenvalue weighted by molar-refractivity contribution is 7.00. The van der Waals surface area contributed by atoms with Crippen LogP contribution in [0, 0.1) is 0 Å². The molecule has 13 rings (SSSR count). The Kier molecular flexibility index (Phi) is 6.49. The van der Waals surface area contributed by atoms with Crippen LogP contribution in [-0.4, -0.2) is 6.71 Å². The summed E-state index contributed by atoms with van der Waals surface area (Å²) >= 11 is 0. The minimum Gasteiger partial charge on any atom is -0.311 e. The van der Waals surface area contributed by atoms with Crippen LogP contribution in [0.25, 0.3) is 33.4 Å². The predicted molar refractivity (Wildman–Crippen MR) is 242 cm³/mol. The van der Waals surface area contributed by atoms with Crippen molar-refractivity contribution >= 4 is 57.2 Å². The molecule has 0 N–H and O–H groups in total.